The minimum absolute atomic E-state index is 0.315. The van der Waals surface area contributed by atoms with Crippen LogP contribution in [0.5, 0.6) is 5.75 Å². The van der Waals surface area contributed by atoms with Gasteiger partial charge in [-0.05, 0) is 48.2 Å². The van der Waals surface area contributed by atoms with Crippen molar-refractivity contribution in [3.63, 3.8) is 0 Å². The van der Waals surface area contributed by atoms with E-state index in [1.54, 1.807) is 18.3 Å². The summed E-state index contributed by atoms with van der Waals surface area (Å²) >= 11 is 0. The second-order valence-corrected chi connectivity index (χ2v) is 10.6. The van der Waals surface area contributed by atoms with Gasteiger partial charge in [0, 0.05) is 18.7 Å². The molecular formula is C26H30FN5O3S. The molecule has 0 saturated carbocycles. The number of aromatic hydroxyl groups is 1. The van der Waals surface area contributed by atoms with E-state index in [4.69, 9.17) is 4.98 Å². The van der Waals surface area contributed by atoms with E-state index in [-0.39, 0.29) is 0 Å². The van der Waals surface area contributed by atoms with Crippen LogP contribution in [0.25, 0.3) is 22.2 Å². The van der Waals surface area contributed by atoms with Gasteiger partial charge in [0.1, 0.15) is 5.82 Å². The number of aromatic nitrogens is 3. The Morgan fingerprint density at radius 3 is 2.64 bits per heavy atom. The van der Waals surface area contributed by atoms with Gasteiger partial charge in [0.2, 0.25) is 10.0 Å². The number of aryl methyl sites for hydroxylation is 1. The largest absolute Gasteiger partial charge is 0.505 e. The molecule has 0 aliphatic rings. The normalized spacial score (nSPS) is 11.7. The molecule has 36 heavy (non-hydrogen) atoms. The number of hydrogen-bond donors (Lipinski definition) is 3. The predicted molar refractivity (Wildman–Crippen MR) is 141 cm³/mol. The number of fused-ring (bicyclic) bond motifs is 1. The predicted octanol–water partition coefficient (Wildman–Crippen LogP) is 5.21. The van der Waals surface area contributed by atoms with Gasteiger partial charge in [-0.25, -0.2) is 17.8 Å². The van der Waals surface area contributed by atoms with Crippen LogP contribution in [0.15, 0.2) is 48.7 Å². The highest BCUT2D eigenvalue weighted by atomic mass is 32.2. The molecule has 0 aliphatic heterocycles. The zero-order chi connectivity index (χ0) is 25.9. The molecular weight excluding hydrogens is 481 g/mol. The molecule has 0 bridgehead atoms. The van der Waals surface area contributed by atoms with E-state index in [0.717, 1.165) is 29.4 Å². The van der Waals surface area contributed by atoms with Crippen molar-refractivity contribution in [1.29, 1.82) is 0 Å². The first-order valence-corrected chi connectivity index (χ1v) is 13.7. The number of para-hydroxylation sites is 1. The Hall–Kier alpha value is -3.66. The Kier molecular flexibility index (Phi) is 7.44. The molecule has 4 aromatic rings. The lowest BCUT2D eigenvalue weighted by Crippen LogP contribution is -2.31. The Morgan fingerprint density at radius 1 is 1.14 bits per heavy atom. The van der Waals surface area contributed by atoms with Crippen molar-refractivity contribution in [2.45, 2.75) is 39.7 Å². The van der Waals surface area contributed by atoms with E-state index in [0.29, 0.717) is 47.8 Å². The number of nitrogens with one attached hydrogen (secondary N) is 2. The van der Waals surface area contributed by atoms with Crippen molar-refractivity contribution in [1.82, 2.24) is 15.2 Å². The number of sulfonamides is 1. The van der Waals surface area contributed by atoms with Gasteiger partial charge in [0.15, 0.2) is 11.6 Å². The summed E-state index contributed by atoms with van der Waals surface area (Å²) in [7, 11) is -3.46. The van der Waals surface area contributed by atoms with Gasteiger partial charge in [0.05, 0.1) is 34.7 Å². The summed E-state index contributed by atoms with van der Waals surface area (Å²) in [6.45, 7) is 4.66. The molecule has 0 fully saturated rings. The van der Waals surface area contributed by atoms with Crippen LogP contribution in [0.1, 0.15) is 37.8 Å². The number of phenolic OH excluding ortho intramolecular Hbond substituents is 1. The van der Waals surface area contributed by atoms with Crippen molar-refractivity contribution in [2.24, 2.45) is 0 Å². The number of unbranched alkanes of at least 4 members (excludes halogenated alkanes) is 1. The van der Waals surface area contributed by atoms with Gasteiger partial charge >= 0.3 is 0 Å². The summed E-state index contributed by atoms with van der Waals surface area (Å²) in [6.07, 6.45) is 5.08. The zero-order valence-electron chi connectivity index (χ0n) is 20.5. The maximum absolute atomic E-state index is 14.2. The molecule has 2 aromatic carbocycles. The third-order valence-corrected chi connectivity index (χ3v) is 7.27. The van der Waals surface area contributed by atoms with Crippen molar-refractivity contribution < 1.29 is 17.9 Å². The number of aromatic amines is 1. The van der Waals surface area contributed by atoms with E-state index in [9.17, 15) is 17.9 Å². The summed E-state index contributed by atoms with van der Waals surface area (Å²) in [4.78, 5) is 4.76. The number of anilines is 2. The lowest BCUT2D eigenvalue weighted by molar-refractivity contribution is 0.432. The molecule has 0 saturated heterocycles. The van der Waals surface area contributed by atoms with Crippen molar-refractivity contribution in [3.05, 3.63) is 65.6 Å². The SMILES string of the molecule is CCCCN(c1ccccc1CNc1nc(-c2cc(F)c(O)cc2CC)cc2[nH]ncc12)S(C)(=O)=O. The lowest BCUT2D eigenvalue weighted by Gasteiger charge is -2.25. The molecule has 0 amide bonds. The minimum Gasteiger partial charge on any atom is -0.505 e. The van der Waals surface area contributed by atoms with Gasteiger partial charge in [-0.2, -0.15) is 5.10 Å². The summed E-state index contributed by atoms with van der Waals surface area (Å²) in [5.74, 6) is -0.585. The van der Waals surface area contributed by atoms with Crippen LogP contribution in [0.3, 0.4) is 0 Å². The summed E-state index contributed by atoms with van der Waals surface area (Å²) in [5.41, 5.74) is 4.00. The van der Waals surface area contributed by atoms with Crippen LogP contribution >= 0.6 is 0 Å². The van der Waals surface area contributed by atoms with Gasteiger partial charge in [-0.1, -0.05) is 38.5 Å². The highest BCUT2D eigenvalue weighted by Gasteiger charge is 2.20. The Labute approximate surface area is 210 Å². The van der Waals surface area contributed by atoms with Crippen LogP contribution in [0.4, 0.5) is 15.9 Å². The average molecular weight is 512 g/mol. The average Bonchev–Trinajstić information content (AvgIpc) is 3.33. The molecule has 2 heterocycles. The second kappa shape index (κ2) is 10.5. The van der Waals surface area contributed by atoms with Crippen LogP contribution in [-0.4, -0.2) is 41.5 Å². The van der Waals surface area contributed by atoms with Gasteiger partial charge in [-0.15, -0.1) is 0 Å². The third kappa shape index (κ3) is 5.28. The van der Waals surface area contributed by atoms with E-state index in [1.807, 2.05) is 32.0 Å². The quantitative estimate of drug-likeness (QED) is 0.270. The van der Waals surface area contributed by atoms with Crippen molar-refractivity contribution in [3.8, 4) is 17.0 Å². The first-order chi connectivity index (χ1) is 17.2. The molecule has 0 spiro atoms. The first kappa shape index (κ1) is 25.4. The van der Waals surface area contributed by atoms with E-state index in [1.165, 1.54) is 22.7 Å². The summed E-state index contributed by atoms with van der Waals surface area (Å²) < 4.78 is 40.8. The molecule has 190 valence electrons. The van der Waals surface area contributed by atoms with Gasteiger partial charge < -0.3 is 10.4 Å². The van der Waals surface area contributed by atoms with E-state index < -0.39 is 21.6 Å². The number of benzene rings is 2. The van der Waals surface area contributed by atoms with Crippen molar-refractivity contribution in [2.75, 3.05) is 22.4 Å². The second-order valence-electron chi connectivity index (χ2n) is 8.67. The topological polar surface area (TPSA) is 111 Å². The summed E-state index contributed by atoms with van der Waals surface area (Å²) in [5, 5.41) is 21.0. The van der Waals surface area contributed by atoms with Crippen LogP contribution in [0, 0.1) is 5.82 Å². The van der Waals surface area contributed by atoms with Crippen LogP contribution < -0.4 is 9.62 Å². The molecule has 4 rings (SSSR count). The minimum atomic E-state index is -3.46. The lowest BCUT2D eigenvalue weighted by atomic mass is 10.0. The number of hydrogen-bond acceptors (Lipinski definition) is 6. The molecule has 0 unspecified atom stereocenters. The highest BCUT2D eigenvalue weighted by molar-refractivity contribution is 7.92. The molecule has 0 atom stereocenters. The third-order valence-electron chi connectivity index (χ3n) is 6.09. The van der Waals surface area contributed by atoms with Crippen molar-refractivity contribution >= 4 is 32.4 Å². The van der Waals surface area contributed by atoms with Gasteiger partial charge in [0.25, 0.3) is 0 Å². The molecule has 2 aromatic heterocycles. The number of pyridine rings is 1. The molecule has 3 N–H and O–H groups in total. The molecule has 8 nitrogen and oxygen atoms in total. The molecule has 0 radical (unpaired) electrons. The van der Waals surface area contributed by atoms with Gasteiger partial charge in [-0.3, -0.25) is 9.40 Å². The Balaban J connectivity index is 1.72. The Morgan fingerprint density at radius 2 is 1.92 bits per heavy atom. The monoisotopic (exact) mass is 511 g/mol. The summed E-state index contributed by atoms with van der Waals surface area (Å²) in [6, 6.07) is 11.9. The number of phenols is 1. The fourth-order valence-corrected chi connectivity index (χ4v) is 5.20. The fourth-order valence-electron chi connectivity index (χ4n) is 4.20. The zero-order valence-corrected chi connectivity index (χ0v) is 21.4. The Bertz CT molecular complexity index is 1490. The highest BCUT2D eigenvalue weighted by Crippen LogP contribution is 2.33. The molecule has 10 heteroatoms. The first-order valence-electron chi connectivity index (χ1n) is 11.9. The van der Waals surface area contributed by atoms with Crippen LogP contribution in [-0.2, 0) is 23.0 Å². The standard InChI is InChI=1S/C26H30FN5O3S/c1-4-6-11-32(36(3,34)35)24-10-8-7-9-18(24)15-28-26-20-16-29-31-23(20)14-22(30-26)19-13-21(27)25(33)12-17(19)5-2/h7-10,12-14,16,33H,4-6,11,15H2,1-3H3,(H,28,30)(H,29,31). The van der Waals surface area contributed by atoms with E-state index >= 15 is 0 Å². The van der Waals surface area contributed by atoms with E-state index in [2.05, 4.69) is 15.5 Å². The maximum Gasteiger partial charge on any atom is 0.232 e. The van der Waals surface area contributed by atoms with Crippen LogP contribution in [0.2, 0.25) is 0 Å². The number of H-pyrrole nitrogens is 1. The maximum atomic E-state index is 14.2. The number of nitrogens with zero attached hydrogens (tertiary/aromatic N) is 3. The molecule has 0 aliphatic carbocycles. The number of halogens is 1. The fraction of sp³-hybridized carbons (Fsp3) is 0.308. The number of rotatable bonds is 10. The smallest absolute Gasteiger partial charge is 0.232 e.